The molecular formula is C17H19IN2O2. The summed E-state index contributed by atoms with van der Waals surface area (Å²) in [5, 5.41) is 2.80. The molecule has 22 heavy (non-hydrogen) atoms. The van der Waals surface area contributed by atoms with Crippen LogP contribution < -0.4 is 10.1 Å². The first-order valence-electron chi connectivity index (χ1n) is 7.13. The van der Waals surface area contributed by atoms with Gasteiger partial charge >= 0.3 is 0 Å². The van der Waals surface area contributed by atoms with Gasteiger partial charge in [-0.3, -0.25) is 4.79 Å². The summed E-state index contributed by atoms with van der Waals surface area (Å²) < 4.78 is 6.68. The predicted molar refractivity (Wildman–Crippen MR) is 96.4 cm³/mol. The number of ether oxygens (including phenoxy) is 1. The number of anilines is 1. The Balaban J connectivity index is 2.01. The van der Waals surface area contributed by atoms with Crippen LogP contribution in [0, 0.1) is 16.4 Å². The Bertz CT molecular complexity index is 654. The van der Waals surface area contributed by atoms with Crippen LogP contribution in [0.2, 0.25) is 0 Å². The van der Waals surface area contributed by atoms with Crippen LogP contribution in [0.25, 0.3) is 0 Å². The second-order valence-electron chi connectivity index (χ2n) is 5.45. The van der Waals surface area contributed by atoms with E-state index in [1.807, 2.05) is 25.1 Å². The molecule has 1 heterocycles. The fourth-order valence-corrected chi connectivity index (χ4v) is 2.07. The van der Waals surface area contributed by atoms with Crippen molar-refractivity contribution in [1.29, 1.82) is 0 Å². The minimum Gasteiger partial charge on any atom is -0.493 e. The van der Waals surface area contributed by atoms with Crippen LogP contribution >= 0.6 is 22.6 Å². The van der Waals surface area contributed by atoms with Crippen molar-refractivity contribution in [2.45, 2.75) is 20.8 Å². The maximum atomic E-state index is 12.2. The zero-order valence-electron chi connectivity index (χ0n) is 12.9. The Morgan fingerprint density at radius 2 is 1.91 bits per heavy atom. The molecule has 0 spiro atoms. The molecule has 1 aromatic heterocycles. The summed E-state index contributed by atoms with van der Waals surface area (Å²) in [4.78, 5) is 16.5. The number of aromatic nitrogens is 1. The van der Waals surface area contributed by atoms with E-state index in [2.05, 4.69) is 46.7 Å². The summed E-state index contributed by atoms with van der Waals surface area (Å²) in [6.45, 7) is 6.77. The quantitative estimate of drug-likeness (QED) is 0.749. The van der Waals surface area contributed by atoms with Gasteiger partial charge in [0.25, 0.3) is 5.91 Å². The first kappa shape index (κ1) is 16.7. The van der Waals surface area contributed by atoms with Gasteiger partial charge in [-0.25, -0.2) is 4.98 Å². The van der Waals surface area contributed by atoms with E-state index in [1.54, 1.807) is 18.2 Å². The number of rotatable bonds is 5. The van der Waals surface area contributed by atoms with Crippen LogP contribution in [0.5, 0.6) is 5.75 Å². The minimum atomic E-state index is -0.177. The van der Waals surface area contributed by atoms with Gasteiger partial charge in [0.2, 0.25) is 0 Å². The minimum absolute atomic E-state index is 0.177. The van der Waals surface area contributed by atoms with E-state index in [4.69, 9.17) is 4.74 Å². The van der Waals surface area contributed by atoms with Crippen LogP contribution in [0.1, 0.15) is 29.9 Å². The van der Waals surface area contributed by atoms with Gasteiger partial charge < -0.3 is 10.1 Å². The van der Waals surface area contributed by atoms with Crippen molar-refractivity contribution in [2.24, 2.45) is 5.92 Å². The number of amides is 1. The zero-order valence-corrected chi connectivity index (χ0v) is 15.0. The molecule has 0 aliphatic heterocycles. The number of nitrogens with zero attached hydrogens (tertiary/aromatic N) is 1. The van der Waals surface area contributed by atoms with E-state index in [1.165, 1.54) is 0 Å². The average Bonchev–Trinajstić information content (AvgIpc) is 2.49. The Morgan fingerprint density at radius 1 is 1.23 bits per heavy atom. The van der Waals surface area contributed by atoms with Crippen LogP contribution in [-0.4, -0.2) is 17.5 Å². The third-order valence-corrected chi connectivity index (χ3v) is 4.10. The van der Waals surface area contributed by atoms with Gasteiger partial charge in [-0.05, 0) is 71.8 Å². The molecule has 0 unspecified atom stereocenters. The van der Waals surface area contributed by atoms with E-state index in [0.717, 1.165) is 15.0 Å². The third kappa shape index (κ3) is 4.69. The van der Waals surface area contributed by atoms with Crippen LogP contribution in [0.15, 0.2) is 36.4 Å². The van der Waals surface area contributed by atoms with Gasteiger partial charge in [-0.15, -0.1) is 0 Å². The molecule has 0 saturated heterocycles. The molecular weight excluding hydrogens is 391 g/mol. The topological polar surface area (TPSA) is 51.2 Å². The second kappa shape index (κ2) is 7.58. The SMILES string of the molecule is Cc1nc(NC(=O)c2ccc(OCC(C)C)cc2)ccc1I. The fourth-order valence-electron chi connectivity index (χ4n) is 1.77. The van der Waals surface area contributed by atoms with Crippen molar-refractivity contribution in [3.63, 3.8) is 0 Å². The normalized spacial score (nSPS) is 10.6. The lowest BCUT2D eigenvalue weighted by Crippen LogP contribution is -2.13. The Kier molecular flexibility index (Phi) is 5.76. The molecule has 0 bridgehead atoms. The number of pyridine rings is 1. The molecule has 116 valence electrons. The van der Waals surface area contributed by atoms with Crippen molar-refractivity contribution in [2.75, 3.05) is 11.9 Å². The summed E-state index contributed by atoms with van der Waals surface area (Å²) in [6.07, 6.45) is 0. The van der Waals surface area contributed by atoms with Crippen LogP contribution in [0.3, 0.4) is 0 Å². The van der Waals surface area contributed by atoms with E-state index >= 15 is 0 Å². The van der Waals surface area contributed by atoms with Crippen molar-refractivity contribution >= 4 is 34.3 Å². The van der Waals surface area contributed by atoms with Crippen LogP contribution in [0.4, 0.5) is 5.82 Å². The highest BCUT2D eigenvalue weighted by molar-refractivity contribution is 14.1. The average molecular weight is 410 g/mol. The Labute approximate surface area is 144 Å². The van der Waals surface area contributed by atoms with Crippen molar-refractivity contribution < 1.29 is 9.53 Å². The molecule has 0 radical (unpaired) electrons. The van der Waals surface area contributed by atoms with Gasteiger partial charge in [0.05, 0.1) is 12.3 Å². The van der Waals surface area contributed by atoms with Gasteiger partial charge in [-0.1, -0.05) is 13.8 Å². The van der Waals surface area contributed by atoms with Gasteiger partial charge in [0.1, 0.15) is 11.6 Å². The molecule has 4 nitrogen and oxygen atoms in total. The number of hydrogen-bond acceptors (Lipinski definition) is 3. The number of aryl methyl sites for hydroxylation is 1. The summed E-state index contributed by atoms with van der Waals surface area (Å²) in [6, 6.07) is 10.9. The molecule has 1 amide bonds. The van der Waals surface area contributed by atoms with Crippen molar-refractivity contribution in [3.05, 3.63) is 51.2 Å². The molecule has 0 atom stereocenters. The molecule has 2 rings (SSSR count). The molecule has 0 fully saturated rings. The second-order valence-corrected chi connectivity index (χ2v) is 6.61. The largest absolute Gasteiger partial charge is 0.493 e. The first-order chi connectivity index (χ1) is 10.5. The van der Waals surface area contributed by atoms with E-state index < -0.39 is 0 Å². The number of halogens is 1. The number of carbonyl (C=O) groups excluding carboxylic acids is 1. The summed E-state index contributed by atoms with van der Waals surface area (Å²) >= 11 is 2.21. The standard InChI is InChI=1S/C17H19IN2O2/c1-11(2)10-22-14-6-4-13(5-7-14)17(21)20-16-9-8-15(18)12(3)19-16/h4-9,11H,10H2,1-3H3,(H,19,20,21). The van der Waals surface area contributed by atoms with E-state index in [-0.39, 0.29) is 5.91 Å². The Hall–Kier alpha value is -1.63. The highest BCUT2D eigenvalue weighted by atomic mass is 127. The number of hydrogen-bond donors (Lipinski definition) is 1. The molecule has 0 aliphatic carbocycles. The molecule has 2 aromatic rings. The lowest BCUT2D eigenvalue weighted by molar-refractivity contribution is 0.102. The molecule has 1 aromatic carbocycles. The highest BCUT2D eigenvalue weighted by Crippen LogP contribution is 2.16. The lowest BCUT2D eigenvalue weighted by Gasteiger charge is -2.09. The van der Waals surface area contributed by atoms with Crippen LogP contribution in [-0.2, 0) is 0 Å². The maximum absolute atomic E-state index is 12.2. The molecule has 5 heteroatoms. The molecule has 0 saturated carbocycles. The van der Waals surface area contributed by atoms with E-state index in [9.17, 15) is 4.79 Å². The molecule has 0 aliphatic rings. The van der Waals surface area contributed by atoms with Crippen molar-refractivity contribution in [3.8, 4) is 5.75 Å². The summed E-state index contributed by atoms with van der Waals surface area (Å²) in [5.74, 6) is 1.62. The van der Waals surface area contributed by atoms with Gasteiger partial charge in [0, 0.05) is 9.13 Å². The third-order valence-electron chi connectivity index (χ3n) is 2.96. The molecule has 1 N–H and O–H groups in total. The number of nitrogens with one attached hydrogen (secondary N) is 1. The number of benzene rings is 1. The van der Waals surface area contributed by atoms with Gasteiger partial charge in [-0.2, -0.15) is 0 Å². The lowest BCUT2D eigenvalue weighted by atomic mass is 10.2. The predicted octanol–water partition coefficient (Wildman–Crippen LogP) is 4.28. The number of carbonyl (C=O) groups is 1. The highest BCUT2D eigenvalue weighted by Gasteiger charge is 2.08. The summed E-state index contributed by atoms with van der Waals surface area (Å²) in [7, 11) is 0. The van der Waals surface area contributed by atoms with E-state index in [0.29, 0.717) is 23.9 Å². The monoisotopic (exact) mass is 410 g/mol. The maximum Gasteiger partial charge on any atom is 0.256 e. The zero-order chi connectivity index (χ0) is 16.1. The fraction of sp³-hybridized carbons (Fsp3) is 0.294. The summed E-state index contributed by atoms with van der Waals surface area (Å²) in [5.41, 5.74) is 1.48. The van der Waals surface area contributed by atoms with Crippen molar-refractivity contribution in [1.82, 2.24) is 4.98 Å². The Morgan fingerprint density at radius 3 is 2.50 bits per heavy atom. The first-order valence-corrected chi connectivity index (χ1v) is 8.21. The van der Waals surface area contributed by atoms with Gasteiger partial charge in [0.15, 0.2) is 0 Å². The smallest absolute Gasteiger partial charge is 0.256 e.